The molecule has 0 fully saturated rings. The molecule has 0 aliphatic rings. The standard InChI is InChI=1S/C20H14F2N2O3S/c1-3-10-24-15-9-8-12(19(26)27-4-2)11-16(15)28-20(24)23-18(25)17-13(21)6-5-7-14(17)22/h1,5-9,11H,4,10H2,2H3. The van der Waals surface area contributed by atoms with Gasteiger partial charge in [0.2, 0.25) is 0 Å². The van der Waals surface area contributed by atoms with Crippen LogP contribution in [0.4, 0.5) is 8.78 Å². The monoisotopic (exact) mass is 400 g/mol. The Morgan fingerprint density at radius 3 is 2.61 bits per heavy atom. The summed E-state index contributed by atoms with van der Waals surface area (Å²) in [5.41, 5.74) is 0.234. The SMILES string of the molecule is C#CCn1c(=NC(=O)c2c(F)cccc2F)sc2cc(C(=O)OCC)ccc21. The molecule has 0 N–H and O–H groups in total. The molecule has 3 rings (SSSR count). The zero-order valence-corrected chi connectivity index (χ0v) is 15.6. The molecule has 0 bridgehead atoms. The Hall–Kier alpha value is -3.31. The van der Waals surface area contributed by atoms with E-state index in [4.69, 9.17) is 11.2 Å². The minimum absolute atomic E-state index is 0.0879. The molecule has 0 aliphatic carbocycles. The van der Waals surface area contributed by atoms with Crippen LogP contribution in [0.5, 0.6) is 0 Å². The molecule has 1 amide bonds. The first-order valence-electron chi connectivity index (χ1n) is 8.23. The van der Waals surface area contributed by atoms with Gasteiger partial charge in [-0.1, -0.05) is 23.3 Å². The number of aromatic nitrogens is 1. The molecule has 8 heteroatoms. The Labute approximate surface area is 162 Å². The number of carbonyl (C=O) groups is 2. The first-order valence-corrected chi connectivity index (χ1v) is 9.05. The van der Waals surface area contributed by atoms with Crippen LogP contribution in [0, 0.1) is 24.0 Å². The Balaban J connectivity index is 2.15. The molecule has 0 saturated carbocycles. The lowest BCUT2D eigenvalue weighted by molar-refractivity contribution is 0.0526. The summed E-state index contributed by atoms with van der Waals surface area (Å²) in [5, 5.41) is 0. The molecule has 28 heavy (non-hydrogen) atoms. The molecule has 5 nitrogen and oxygen atoms in total. The van der Waals surface area contributed by atoms with Crippen molar-refractivity contribution >= 4 is 33.4 Å². The molecule has 1 heterocycles. The topological polar surface area (TPSA) is 60.7 Å². The highest BCUT2D eigenvalue weighted by Gasteiger charge is 2.18. The smallest absolute Gasteiger partial charge is 0.338 e. The van der Waals surface area contributed by atoms with Gasteiger partial charge in [0.25, 0.3) is 5.91 Å². The van der Waals surface area contributed by atoms with Crippen molar-refractivity contribution in [2.45, 2.75) is 13.5 Å². The molecular weight excluding hydrogens is 386 g/mol. The number of esters is 1. The van der Waals surface area contributed by atoms with Crippen molar-refractivity contribution in [3.05, 3.63) is 64.0 Å². The van der Waals surface area contributed by atoms with Crippen molar-refractivity contribution in [2.75, 3.05) is 6.61 Å². The molecular formula is C20H14F2N2O3S. The summed E-state index contributed by atoms with van der Waals surface area (Å²) in [6.07, 6.45) is 5.40. The van der Waals surface area contributed by atoms with Crippen LogP contribution in [0.3, 0.4) is 0 Å². The largest absolute Gasteiger partial charge is 0.462 e. The van der Waals surface area contributed by atoms with Gasteiger partial charge in [-0.3, -0.25) is 4.79 Å². The van der Waals surface area contributed by atoms with Crippen molar-refractivity contribution in [1.29, 1.82) is 0 Å². The normalized spacial score (nSPS) is 11.4. The summed E-state index contributed by atoms with van der Waals surface area (Å²) in [4.78, 5) is 28.3. The third kappa shape index (κ3) is 3.70. The van der Waals surface area contributed by atoms with E-state index in [0.29, 0.717) is 15.8 Å². The maximum atomic E-state index is 13.9. The Morgan fingerprint density at radius 2 is 1.96 bits per heavy atom. The molecule has 1 aromatic heterocycles. The first kappa shape index (κ1) is 19.5. The van der Waals surface area contributed by atoms with E-state index < -0.39 is 29.1 Å². The lowest BCUT2D eigenvalue weighted by Crippen LogP contribution is -2.17. The Kier molecular flexibility index (Phi) is 5.66. The van der Waals surface area contributed by atoms with Crippen LogP contribution < -0.4 is 4.80 Å². The van der Waals surface area contributed by atoms with Crippen LogP contribution in [0.2, 0.25) is 0 Å². The number of carbonyl (C=O) groups excluding carboxylic acids is 2. The van der Waals surface area contributed by atoms with E-state index in [1.807, 2.05) is 0 Å². The summed E-state index contributed by atoms with van der Waals surface area (Å²) >= 11 is 1.08. The van der Waals surface area contributed by atoms with Gasteiger partial charge in [-0.05, 0) is 37.3 Å². The second kappa shape index (κ2) is 8.15. The summed E-state index contributed by atoms with van der Waals surface area (Å²) in [6, 6.07) is 7.95. The minimum atomic E-state index is -1.06. The third-order valence-corrected chi connectivity index (χ3v) is 4.86. The lowest BCUT2D eigenvalue weighted by atomic mass is 10.2. The van der Waals surface area contributed by atoms with E-state index in [0.717, 1.165) is 29.5 Å². The molecule has 0 atom stereocenters. The maximum Gasteiger partial charge on any atom is 0.338 e. The van der Waals surface area contributed by atoms with Crippen LogP contribution in [-0.4, -0.2) is 23.1 Å². The molecule has 142 valence electrons. The van der Waals surface area contributed by atoms with Crippen LogP contribution in [0.25, 0.3) is 10.2 Å². The number of rotatable bonds is 4. The predicted octanol–water partition coefficient (Wildman–Crippen LogP) is 3.53. The quantitative estimate of drug-likeness (QED) is 0.497. The highest BCUT2D eigenvalue weighted by atomic mass is 32.1. The molecule has 0 aliphatic heterocycles. The van der Waals surface area contributed by atoms with Crippen molar-refractivity contribution in [3.8, 4) is 12.3 Å². The van der Waals surface area contributed by atoms with E-state index in [2.05, 4.69) is 10.9 Å². The maximum absolute atomic E-state index is 13.9. The highest BCUT2D eigenvalue weighted by Crippen LogP contribution is 2.20. The minimum Gasteiger partial charge on any atom is -0.462 e. The van der Waals surface area contributed by atoms with Crippen molar-refractivity contribution in [1.82, 2.24) is 4.57 Å². The molecule has 0 saturated heterocycles. The fourth-order valence-electron chi connectivity index (χ4n) is 2.59. The van der Waals surface area contributed by atoms with Gasteiger partial charge in [-0.25, -0.2) is 13.6 Å². The Morgan fingerprint density at radius 1 is 1.25 bits per heavy atom. The number of terminal acetylenes is 1. The van der Waals surface area contributed by atoms with E-state index in [-0.39, 0.29) is 18.0 Å². The molecule has 0 unspecified atom stereocenters. The van der Waals surface area contributed by atoms with Gasteiger partial charge in [-0.15, -0.1) is 6.42 Å². The van der Waals surface area contributed by atoms with Crippen molar-refractivity contribution in [3.63, 3.8) is 0 Å². The molecule has 0 radical (unpaired) electrons. The number of thiazole rings is 1. The summed E-state index contributed by atoms with van der Waals surface area (Å²) in [5.74, 6) is -1.08. The zero-order chi connectivity index (χ0) is 20.3. The highest BCUT2D eigenvalue weighted by molar-refractivity contribution is 7.16. The van der Waals surface area contributed by atoms with Gasteiger partial charge in [0, 0.05) is 0 Å². The van der Waals surface area contributed by atoms with E-state index in [1.54, 1.807) is 29.7 Å². The van der Waals surface area contributed by atoms with E-state index >= 15 is 0 Å². The summed E-state index contributed by atoms with van der Waals surface area (Å²) in [6.45, 7) is 2.03. The molecule has 2 aromatic carbocycles. The van der Waals surface area contributed by atoms with Gasteiger partial charge in [-0.2, -0.15) is 4.99 Å². The van der Waals surface area contributed by atoms with E-state index in [9.17, 15) is 18.4 Å². The fourth-order valence-corrected chi connectivity index (χ4v) is 3.66. The lowest BCUT2D eigenvalue weighted by Gasteiger charge is -2.03. The van der Waals surface area contributed by atoms with Gasteiger partial charge >= 0.3 is 5.97 Å². The fraction of sp³-hybridized carbons (Fsp3) is 0.150. The number of ether oxygens (including phenoxy) is 1. The number of hydrogen-bond acceptors (Lipinski definition) is 4. The number of benzene rings is 2. The number of hydrogen-bond donors (Lipinski definition) is 0. The van der Waals surface area contributed by atoms with Crippen LogP contribution in [0.1, 0.15) is 27.6 Å². The Bertz CT molecular complexity index is 1170. The third-order valence-electron chi connectivity index (χ3n) is 3.82. The van der Waals surface area contributed by atoms with Crippen molar-refractivity contribution < 1.29 is 23.1 Å². The molecule has 0 spiro atoms. The number of nitrogens with zero attached hydrogens (tertiary/aromatic N) is 2. The average molecular weight is 400 g/mol. The second-order valence-electron chi connectivity index (χ2n) is 5.59. The molecule has 3 aromatic rings. The number of fused-ring (bicyclic) bond motifs is 1. The second-order valence-corrected chi connectivity index (χ2v) is 6.60. The average Bonchev–Trinajstić information content (AvgIpc) is 2.98. The van der Waals surface area contributed by atoms with Gasteiger partial charge < -0.3 is 9.30 Å². The van der Waals surface area contributed by atoms with Gasteiger partial charge in [0.1, 0.15) is 17.2 Å². The van der Waals surface area contributed by atoms with E-state index in [1.165, 1.54) is 0 Å². The van der Waals surface area contributed by atoms with Gasteiger partial charge in [0.05, 0.1) is 28.9 Å². The zero-order valence-electron chi connectivity index (χ0n) is 14.7. The van der Waals surface area contributed by atoms with Crippen molar-refractivity contribution in [2.24, 2.45) is 4.99 Å². The number of halogens is 2. The van der Waals surface area contributed by atoms with Crippen LogP contribution >= 0.6 is 11.3 Å². The van der Waals surface area contributed by atoms with Gasteiger partial charge in [0.15, 0.2) is 4.80 Å². The number of amides is 1. The predicted molar refractivity (Wildman–Crippen MR) is 101 cm³/mol. The first-order chi connectivity index (χ1) is 13.5. The van der Waals surface area contributed by atoms with Crippen LogP contribution in [-0.2, 0) is 11.3 Å². The van der Waals surface area contributed by atoms with Crippen LogP contribution in [0.15, 0.2) is 41.4 Å². The summed E-state index contributed by atoms with van der Waals surface area (Å²) < 4.78 is 34.9. The summed E-state index contributed by atoms with van der Waals surface area (Å²) in [7, 11) is 0.